The molecule has 1 fully saturated rings. The number of halogens is 1. The molecule has 0 unspecified atom stereocenters. The van der Waals surface area contributed by atoms with Crippen LogP contribution in [0, 0.1) is 5.41 Å². The lowest BCUT2D eigenvalue weighted by molar-refractivity contribution is -0.146. The molecule has 1 amide bonds. The third-order valence-corrected chi connectivity index (χ3v) is 5.15. The summed E-state index contributed by atoms with van der Waals surface area (Å²) in [6.45, 7) is 2.17. The van der Waals surface area contributed by atoms with Gasteiger partial charge in [-0.25, -0.2) is 0 Å². The lowest BCUT2D eigenvalue weighted by Gasteiger charge is -2.37. The van der Waals surface area contributed by atoms with Crippen molar-refractivity contribution in [3.63, 3.8) is 0 Å². The number of amides is 1. The molecule has 3 rings (SSSR count). The van der Waals surface area contributed by atoms with E-state index >= 15 is 0 Å². The molecule has 0 saturated carbocycles. The summed E-state index contributed by atoms with van der Waals surface area (Å²) in [6.07, 6.45) is 1.40. The van der Waals surface area contributed by atoms with E-state index < -0.39 is 5.41 Å². The van der Waals surface area contributed by atoms with Gasteiger partial charge in [0.25, 0.3) is 0 Å². The predicted molar refractivity (Wildman–Crippen MR) is 107 cm³/mol. The molecule has 0 spiro atoms. The summed E-state index contributed by atoms with van der Waals surface area (Å²) in [5, 5.41) is 0. The van der Waals surface area contributed by atoms with Crippen molar-refractivity contribution in [1.82, 2.24) is 4.90 Å². The Bertz CT molecular complexity index is 715. The van der Waals surface area contributed by atoms with E-state index in [-0.39, 0.29) is 18.3 Å². The van der Waals surface area contributed by atoms with Crippen LogP contribution in [-0.2, 0) is 16.1 Å². The second-order valence-electron chi connectivity index (χ2n) is 6.78. The van der Waals surface area contributed by atoms with Gasteiger partial charge in [0.05, 0.1) is 5.41 Å². The maximum absolute atomic E-state index is 13.1. The molecule has 26 heavy (non-hydrogen) atoms. The van der Waals surface area contributed by atoms with Crippen molar-refractivity contribution in [3.8, 4) is 11.1 Å². The quantitative estimate of drug-likeness (QED) is 0.871. The van der Waals surface area contributed by atoms with Crippen molar-refractivity contribution in [1.29, 1.82) is 0 Å². The summed E-state index contributed by atoms with van der Waals surface area (Å²) in [6, 6.07) is 18.5. The van der Waals surface area contributed by atoms with E-state index in [1.54, 1.807) is 0 Å². The van der Waals surface area contributed by atoms with Crippen LogP contribution >= 0.6 is 12.4 Å². The van der Waals surface area contributed by atoms with Gasteiger partial charge < -0.3 is 15.4 Å². The van der Waals surface area contributed by atoms with Crippen LogP contribution in [0.3, 0.4) is 0 Å². The number of carbonyl (C=O) groups excluding carboxylic acids is 1. The fraction of sp³-hybridized carbons (Fsp3) is 0.381. The standard InChI is InChI=1S/C21H26N2O2.ClH/c1-23(20(24)21(16-22)11-13-25-14-12-21)15-18-9-5-6-10-19(18)17-7-3-2-4-8-17;/h2-10H,11-16,22H2,1H3;1H. The number of hydrogen-bond donors (Lipinski definition) is 1. The Morgan fingerprint density at radius 3 is 2.35 bits per heavy atom. The van der Waals surface area contributed by atoms with Gasteiger partial charge in [-0.15, -0.1) is 12.4 Å². The molecule has 1 aliphatic heterocycles. The summed E-state index contributed by atoms with van der Waals surface area (Å²) in [7, 11) is 1.87. The van der Waals surface area contributed by atoms with Crippen LogP contribution in [0.25, 0.3) is 11.1 Å². The number of ether oxygens (including phenoxy) is 1. The van der Waals surface area contributed by atoms with Crippen molar-refractivity contribution < 1.29 is 9.53 Å². The molecule has 0 atom stereocenters. The van der Waals surface area contributed by atoms with E-state index in [9.17, 15) is 4.79 Å². The molecule has 2 aromatic rings. The third kappa shape index (κ3) is 4.26. The van der Waals surface area contributed by atoms with Gasteiger partial charge in [-0.2, -0.15) is 0 Å². The van der Waals surface area contributed by atoms with E-state index in [1.807, 2.05) is 42.3 Å². The number of rotatable bonds is 5. The highest BCUT2D eigenvalue weighted by molar-refractivity contribution is 5.85. The van der Waals surface area contributed by atoms with Crippen LogP contribution in [-0.4, -0.2) is 37.6 Å². The minimum absolute atomic E-state index is 0. The van der Waals surface area contributed by atoms with Crippen molar-refractivity contribution >= 4 is 18.3 Å². The first-order valence-corrected chi connectivity index (χ1v) is 8.83. The smallest absolute Gasteiger partial charge is 0.230 e. The summed E-state index contributed by atoms with van der Waals surface area (Å²) in [5.74, 6) is 0.126. The largest absolute Gasteiger partial charge is 0.381 e. The first-order chi connectivity index (χ1) is 12.2. The fourth-order valence-corrected chi connectivity index (χ4v) is 3.56. The van der Waals surface area contributed by atoms with Crippen LogP contribution in [0.1, 0.15) is 18.4 Å². The first kappa shape index (κ1) is 20.4. The van der Waals surface area contributed by atoms with E-state index in [0.717, 1.165) is 11.1 Å². The van der Waals surface area contributed by atoms with Gasteiger partial charge in [-0.1, -0.05) is 54.6 Å². The van der Waals surface area contributed by atoms with Crippen molar-refractivity contribution in [2.24, 2.45) is 11.1 Å². The highest BCUT2D eigenvalue weighted by Gasteiger charge is 2.40. The van der Waals surface area contributed by atoms with Gasteiger partial charge >= 0.3 is 0 Å². The van der Waals surface area contributed by atoms with Gasteiger partial charge in [0.1, 0.15) is 0 Å². The minimum Gasteiger partial charge on any atom is -0.381 e. The van der Waals surface area contributed by atoms with Gasteiger partial charge in [-0.05, 0) is 29.5 Å². The first-order valence-electron chi connectivity index (χ1n) is 8.83. The van der Waals surface area contributed by atoms with E-state index in [2.05, 4.69) is 24.3 Å². The van der Waals surface area contributed by atoms with Crippen LogP contribution < -0.4 is 5.73 Å². The monoisotopic (exact) mass is 374 g/mol. The van der Waals surface area contributed by atoms with Crippen molar-refractivity contribution in [3.05, 3.63) is 60.2 Å². The van der Waals surface area contributed by atoms with Crippen molar-refractivity contribution in [2.45, 2.75) is 19.4 Å². The normalized spacial score (nSPS) is 15.8. The topological polar surface area (TPSA) is 55.6 Å². The molecular formula is C21H27ClN2O2. The molecular weight excluding hydrogens is 348 g/mol. The van der Waals surface area contributed by atoms with Gasteiger partial charge in [0.15, 0.2) is 0 Å². The van der Waals surface area contributed by atoms with Gasteiger partial charge in [-0.3, -0.25) is 4.79 Å². The average molecular weight is 375 g/mol. The molecule has 2 aromatic carbocycles. The Balaban J connectivity index is 0.00000243. The lowest BCUT2D eigenvalue weighted by Crippen LogP contribution is -2.49. The number of nitrogens with zero attached hydrogens (tertiary/aromatic N) is 1. The zero-order chi connectivity index (χ0) is 17.7. The molecule has 1 aliphatic rings. The van der Waals surface area contributed by atoms with Gasteiger partial charge in [0, 0.05) is 33.4 Å². The van der Waals surface area contributed by atoms with E-state index in [1.165, 1.54) is 5.56 Å². The third-order valence-electron chi connectivity index (χ3n) is 5.15. The Labute approximate surface area is 161 Å². The zero-order valence-corrected chi connectivity index (χ0v) is 16.0. The summed E-state index contributed by atoms with van der Waals surface area (Å²) < 4.78 is 5.43. The van der Waals surface area contributed by atoms with Crippen molar-refractivity contribution in [2.75, 3.05) is 26.8 Å². The predicted octanol–water partition coefficient (Wildman–Crippen LogP) is 3.49. The molecule has 0 aliphatic carbocycles. The van der Waals surface area contributed by atoms with E-state index in [4.69, 9.17) is 10.5 Å². The molecule has 1 saturated heterocycles. The zero-order valence-electron chi connectivity index (χ0n) is 15.2. The highest BCUT2D eigenvalue weighted by atomic mass is 35.5. The Morgan fingerprint density at radius 1 is 1.08 bits per heavy atom. The molecule has 0 bridgehead atoms. The summed E-state index contributed by atoms with van der Waals surface area (Å²) >= 11 is 0. The lowest BCUT2D eigenvalue weighted by atomic mass is 9.79. The second-order valence-corrected chi connectivity index (χ2v) is 6.78. The van der Waals surface area contributed by atoms with Crippen LogP contribution in [0.4, 0.5) is 0 Å². The maximum Gasteiger partial charge on any atom is 0.230 e. The molecule has 0 aromatic heterocycles. The van der Waals surface area contributed by atoms with Crippen LogP contribution in [0.2, 0.25) is 0 Å². The van der Waals surface area contributed by atoms with Crippen LogP contribution in [0.15, 0.2) is 54.6 Å². The molecule has 2 N–H and O–H groups in total. The molecule has 0 radical (unpaired) electrons. The fourth-order valence-electron chi connectivity index (χ4n) is 3.56. The Hall–Kier alpha value is -1.88. The highest BCUT2D eigenvalue weighted by Crippen LogP contribution is 2.32. The van der Waals surface area contributed by atoms with Gasteiger partial charge in [0.2, 0.25) is 5.91 Å². The molecule has 5 heteroatoms. The SMILES string of the molecule is CN(Cc1ccccc1-c1ccccc1)C(=O)C1(CN)CCOCC1.Cl. The summed E-state index contributed by atoms with van der Waals surface area (Å²) in [4.78, 5) is 14.9. The van der Waals surface area contributed by atoms with Crippen LogP contribution in [0.5, 0.6) is 0 Å². The number of benzene rings is 2. The molecule has 4 nitrogen and oxygen atoms in total. The molecule has 1 heterocycles. The van der Waals surface area contributed by atoms with E-state index in [0.29, 0.717) is 39.1 Å². The number of nitrogens with two attached hydrogens (primary N) is 1. The number of carbonyl (C=O) groups is 1. The summed E-state index contributed by atoms with van der Waals surface area (Å²) in [5.41, 5.74) is 8.98. The Kier molecular flexibility index (Phi) is 7.21. The average Bonchev–Trinajstić information content (AvgIpc) is 2.69. The second kappa shape index (κ2) is 9.17. The minimum atomic E-state index is -0.477. The maximum atomic E-state index is 13.1. The molecule has 140 valence electrons. The number of hydrogen-bond acceptors (Lipinski definition) is 3. The Morgan fingerprint density at radius 2 is 1.69 bits per heavy atom.